The van der Waals surface area contributed by atoms with Crippen LogP contribution in [0.1, 0.15) is 39.0 Å². The molecule has 2 rings (SSSR count). The summed E-state index contributed by atoms with van der Waals surface area (Å²) in [5, 5.41) is 0. The minimum atomic E-state index is -0.195. The van der Waals surface area contributed by atoms with Crippen molar-refractivity contribution in [3.05, 3.63) is 0 Å². The molecule has 0 aromatic carbocycles. The average molecular weight is 226 g/mol. The third-order valence-corrected chi connectivity index (χ3v) is 3.64. The molecule has 2 N–H and O–H groups in total. The Labute approximate surface area is 97.1 Å². The number of hydrogen-bond acceptors (Lipinski definition) is 3. The lowest BCUT2D eigenvalue weighted by atomic mass is 9.96. The van der Waals surface area contributed by atoms with Crippen molar-refractivity contribution in [3.8, 4) is 0 Å². The fraction of sp³-hybridized carbons (Fsp3) is 0.917. The third kappa shape index (κ3) is 2.38. The summed E-state index contributed by atoms with van der Waals surface area (Å²) in [4.78, 5) is 14.2. The zero-order valence-corrected chi connectivity index (χ0v) is 10.0. The molecular formula is C12H22N2O2. The first-order valence-electron chi connectivity index (χ1n) is 6.38. The second-order valence-electron chi connectivity index (χ2n) is 4.96. The van der Waals surface area contributed by atoms with E-state index in [2.05, 4.69) is 0 Å². The van der Waals surface area contributed by atoms with Crippen LogP contribution in [0.2, 0.25) is 0 Å². The van der Waals surface area contributed by atoms with E-state index in [1.807, 2.05) is 11.8 Å². The molecule has 3 atom stereocenters. The molecule has 0 spiro atoms. The average Bonchev–Trinajstić information content (AvgIpc) is 2.81. The van der Waals surface area contributed by atoms with E-state index in [0.29, 0.717) is 0 Å². The third-order valence-electron chi connectivity index (χ3n) is 3.64. The molecule has 16 heavy (non-hydrogen) atoms. The zero-order valence-electron chi connectivity index (χ0n) is 10.0. The molecule has 0 aromatic rings. The molecule has 0 bridgehead atoms. The topological polar surface area (TPSA) is 55.6 Å². The lowest BCUT2D eigenvalue weighted by Crippen LogP contribution is -2.54. The van der Waals surface area contributed by atoms with Crippen molar-refractivity contribution in [2.24, 2.45) is 5.73 Å². The number of ether oxygens (including phenoxy) is 1. The van der Waals surface area contributed by atoms with Crippen LogP contribution in [-0.2, 0) is 9.53 Å². The standard InChI is InChI=1S/C12H22N2O2/c1-9(13)10-5-2-3-7-14(10)12(15)11-6-4-8-16-11/h9-11H,2-8,13H2,1H3. The van der Waals surface area contributed by atoms with Gasteiger partial charge in [-0.15, -0.1) is 0 Å². The summed E-state index contributed by atoms with van der Waals surface area (Å²) in [6, 6.07) is 0.274. The first-order chi connectivity index (χ1) is 7.70. The molecule has 0 radical (unpaired) electrons. The monoisotopic (exact) mass is 226 g/mol. The van der Waals surface area contributed by atoms with Gasteiger partial charge in [0, 0.05) is 25.2 Å². The Morgan fingerprint density at radius 2 is 2.19 bits per heavy atom. The van der Waals surface area contributed by atoms with Gasteiger partial charge in [-0.25, -0.2) is 0 Å². The predicted octanol–water partition coefficient (Wildman–Crippen LogP) is 0.894. The largest absolute Gasteiger partial charge is 0.368 e. The molecule has 2 heterocycles. The second-order valence-corrected chi connectivity index (χ2v) is 4.96. The van der Waals surface area contributed by atoms with Crippen LogP contribution in [0, 0.1) is 0 Å². The van der Waals surface area contributed by atoms with E-state index in [4.69, 9.17) is 10.5 Å². The second kappa shape index (κ2) is 5.15. The molecule has 1 amide bonds. The van der Waals surface area contributed by atoms with Crippen LogP contribution in [0.3, 0.4) is 0 Å². The van der Waals surface area contributed by atoms with Crippen LogP contribution < -0.4 is 5.73 Å². The molecule has 4 nitrogen and oxygen atoms in total. The lowest BCUT2D eigenvalue weighted by Gasteiger charge is -2.39. The number of carbonyl (C=O) groups excluding carboxylic acids is 1. The quantitative estimate of drug-likeness (QED) is 0.761. The summed E-state index contributed by atoms with van der Waals surface area (Å²) in [6.45, 7) is 3.57. The van der Waals surface area contributed by atoms with Crippen LogP contribution in [-0.4, -0.2) is 42.1 Å². The summed E-state index contributed by atoms with van der Waals surface area (Å²) in [7, 11) is 0. The van der Waals surface area contributed by atoms with E-state index < -0.39 is 0 Å². The Morgan fingerprint density at radius 3 is 2.81 bits per heavy atom. The van der Waals surface area contributed by atoms with Gasteiger partial charge in [0.15, 0.2) is 0 Å². The molecule has 0 saturated carbocycles. The van der Waals surface area contributed by atoms with Crippen molar-refractivity contribution in [1.29, 1.82) is 0 Å². The van der Waals surface area contributed by atoms with E-state index >= 15 is 0 Å². The number of amides is 1. The highest BCUT2D eigenvalue weighted by atomic mass is 16.5. The van der Waals surface area contributed by atoms with Gasteiger partial charge in [0.05, 0.1) is 0 Å². The number of nitrogens with zero attached hydrogens (tertiary/aromatic N) is 1. The molecule has 92 valence electrons. The van der Waals surface area contributed by atoms with Crippen molar-refractivity contribution < 1.29 is 9.53 Å². The van der Waals surface area contributed by atoms with Gasteiger partial charge in [-0.3, -0.25) is 4.79 Å². The van der Waals surface area contributed by atoms with Crippen molar-refractivity contribution in [2.45, 2.75) is 57.2 Å². The van der Waals surface area contributed by atoms with Crippen LogP contribution in [0.5, 0.6) is 0 Å². The van der Waals surface area contributed by atoms with Crippen LogP contribution >= 0.6 is 0 Å². The summed E-state index contributed by atoms with van der Waals surface area (Å²) in [5.41, 5.74) is 5.96. The summed E-state index contributed by atoms with van der Waals surface area (Å²) in [6.07, 6.45) is 5.01. The van der Waals surface area contributed by atoms with E-state index in [9.17, 15) is 4.79 Å². The van der Waals surface area contributed by atoms with Crippen molar-refractivity contribution in [1.82, 2.24) is 4.90 Å². The number of nitrogens with two attached hydrogens (primary N) is 1. The summed E-state index contributed by atoms with van der Waals surface area (Å²) >= 11 is 0. The summed E-state index contributed by atoms with van der Waals surface area (Å²) in [5.74, 6) is 0.166. The van der Waals surface area contributed by atoms with Gasteiger partial charge in [-0.1, -0.05) is 0 Å². The highest BCUT2D eigenvalue weighted by molar-refractivity contribution is 5.81. The minimum Gasteiger partial charge on any atom is -0.368 e. The van der Waals surface area contributed by atoms with E-state index in [1.54, 1.807) is 0 Å². The molecule has 2 saturated heterocycles. The minimum absolute atomic E-state index is 0.0608. The first-order valence-corrected chi connectivity index (χ1v) is 6.38. The maximum absolute atomic E-state index is 12.3. The molecule has 0 aliphatic carbocycles. The van der Waals surface area contributed by atoms with Crippen LogP contribution in [0.25, 0.3) is 0 Å². The molecule has 2 aliphatic rings. The lowest BCUT2D eigenvalue weighted by molar-refractivity contribution is -0.145. The van der Waals surface area contributed by atoms with Gasteiger partial charge >= 0.3 is 0 Å². The van der Waals surface area contributed by atoms with E-state index in [0.717, 1.165) is 38.8 Å². The fourth-order valence-corrected chi connectivity index (χ4v) is 2.74. The molecule has 2 fully saturated rings. The van der Waals surface area contributed by atoms with E-state index in [1.165, 1.54) is 6.42 Å². The van der Waals surface area contributed by atoms with Gasteiger partial charge < -0.3 is 15.4 Å². The van der Waals surface area contributed by atoms with Crippen LogP contribution in [0.15, 0.2) is 0 Å². The van der Waals surface area contributed by atoms with Gasteiger partial charge in [0.1, 0.15) is 6.10 Å². The van der Waals surface area contributed by atoms with Gasteiger partial charge in [0.25, 0.3) is 5.91 Å². The molecular weight excluding hydrogens is 204 g/mol. The normalized spacial score (nSPS) is 32.8. The maximum Gasteiger partial charge on any atom is 0.252 e. The number of piperidine rings is 1. The number of rotatable bonds is 2. The van der Waals surface area contributed by atoms with Gasteiger partial charge in [-0.05, 0) is 39.0 Å². The number of carbonyl (C=O) groups is 1. The summed E-state index contributed by atoms with van der Waals surface area (Å²) < 4.78 is 5.46. The predicted molar refractivity (Wildman–Crippen MR) is 62.0 cm³/mol. The number of hydrogen-bond donors (Lipinski definition) is 1. The van der Waals surface area contributed by atoms with E-state index in [-0.39, 0.29) is 24.1 Å². The molecule has 0 aromatic heterocycles. The number of likely N-dealkylation sites (tertiary alicyclic amines) is 1. The molecule has 2 aliphatic heterocycles. The van der Waals surface area contributed by atoms with Gasteiger partial charge in [0.2, 0.25) is 0 Å². The highest BCUT2D eigenvalue weighted by Crippen LogP contribution is 2.23. The van der Waals surface area contributed by atoms with Crippen LogP contribution in [0.4, 0.5) is 0 Å². The smallest absolute Gasteiger partial charge is 0.252 e. The molecule has 4 heteroatoms. The Hall–Kier alpha value is -0.610. The highest BCUT2D eigenvalue weighted by Gasteiger charge is 2.34. The first kappa shape index (κ1) is 11.9. The Kier molecular flexibility index (Phi) is 3.82. The molecule has 3 unspecified atom stereocenters. The fourth-order valence-electron chi connectivity index (χ4n) is 2.74. The Bertz CT molecular complexity index is 249. The van der Waals surface area contributed by atoms with Crippen molar-refractivity contribution in [3.63, 3.8) is 0 Å². The zero-order chi connectivity index (χ0) is 11.5. The van der Waals surface area contributed by atoms with Crippen molar-refractivity contribution in [2.75, 3.05) is 13.2 Å². The maximum atomic E-state index is 12.3. The Balaban J connectivity index is 2.01. The Morgan fingerprint density at radius 1 is 1.38 bits per heavy atom. The van der Waals surface area contributed by atoms with Gasteiger partial charge in [-0.2, -0.15) is 0 Å². The SMILES string of the molecule is CC(N)C1CCCCN1C(=O)C1CCCO1. The van der Waals surface area contributed by atoms with Crippen molar-refractivity contribution >= 4 is 5.91 Å².